The molecule has 0 saturated carbocycles. The second-order valence-electron chi connectivity index (χ2n) is 3.14. The molecule has 0 bridgehead atoms. The van der Waals surface area contributed by atoms with Crippen molar-refractivity contribution in [3.63, 3.8) is 0 Å². The highest BCUT2D eigenvalue weighted by Gasteiger charge is 2.13. The molecule has 0 radical (unpaired) electrons. The molecular formula is C9H14N4O3. The highest BCUT2D eigenvalue weighted by Crippen LogP contribution is 2.11. The molecule has 7 heteroatoms. The maximum absolute atomic E-state index is 11.5. The van der Waals surface area contributed by atoms with Gasteiger partial charge in [0.15, 0.2) is 0 Å². The average molecular weight is 226 g/mol. The molecule has 0 atom stereocenters. The van der Waals surface area contributed by atoms with E-state index in [9.17, 15) is 14.9 Å². The summed E-state index contributed by atoms with van der Waals surface area (Å²) >= 11 is 0. The number of amides is 1. The molecule has 1 aromatic heterocycles. The lowest BCUT2D eigenvalue weighted by Crippen LogP contribution is -2.31. The minimum absolute atomic E-state index is 0.114. The first kappa shape index (κ1) is 12.2. The Morgan fingerprint density at radius 3 is 2.88 bits per heavy atom. The predicted octanol–water partition coefficient (Wildman–Crippen LogP) is 0.262. The summed E-state index contributed by atoms with van der Waals surface area (Å²) in [6.45, 7) is 3.96. The van der Waals surface area contributed by atoms with Gasteiger partial charge < -0.3 is 15.6 Å². The number of H-pyrrole nitrogens is 1. The number of nitrogens with zero attached hydrogens (tertiary/aromatic N) is 1. The van der Waals surface area contributed by atoms with Crippen LogP contribution in [0.4, 0.5) is 5.69 Å². The number of aromatic nitrogens is 1. The third kappa shape index (κ3) is 3.35. The van der Waals surface area contributed by atoms with Crippen LogP contribution in [0.2, 0.25) is 0 Å². The number of carbonyl (C=O) groups is 1. The zero-order chi connectivity index (χ0) is 12.0. The Bertz CT molecular complexity index is 375. The van der Waals surface area contributed by atoms with Gasteiger partial charge in [0.1, 0.15) is 5.69 Å². The first-order chi connectivity index (χ1) is 7.65. The SMILES string of the molecule is CCNCCNC(=O)c1cc([N+](=O)[O-])c[nH]1. The lowest BCUT2D eigenvalue weighted by molar-refractivity contribution is -0.384. The number of rotatable bonds is 6. The van der Waals surface area contributed by atoms with Gasteiger partial charge >= 0.3 is 0 Å². The monoisotopic (exact) mass is 226 g/mol. The topological polar surface area (TPSA) is 100 Å². The van der Waals surface area contributed by atoms with Crippen molar-refractivity contribution in [2.24, 2.45) is 0 Å². The molecule has 0 unspecified atom stereocenters. The van der Waals surface area contributed by atoms with Crippen LogP contribution in [0.1, 0.15) is 17.4 Å². The number of carbonyl (C=O) groups excluding carboxylic acids is 1. The molecule has 1 heterocycles. The molecular weight excluding hydrogens is 212 g/mol. The van der Waals surface area contributed by atoms with Crippen LogP contribution in [0, 0.1) is 10.1 Å². The smallest absolute Gasteiger partial charge is 0.287 e. The summed E-state index contributed by atoms with van der Waals surface area (Å²) in [6, 6.07) is 1.21. The van der Waals surface area contributed by atoms with Gasteiger partial charge in [-0.1, -0.05) is 6.92 Å². The molecule has 0 fully saturated rings. The van der Waals surface area contributed by atoms with Crippen LogP contribution in [-0.4, -0.2) is 35.4 Å². The summed E-state index contributed by atoms with van der Waals surface area (Å²) in [5, 5.41) is 16.1. The van der Waals surface area contributed by atoms with Gasteiger partial charge in [-0.2, -0.15) is 0 Å². The molecule has 0 aliphatic carbocycles. The second-order valence-corrected chi connectivity index (χ2v) is 3.14. The quantitative estimate of drug-likeness (QED) is 0.368. The highest BCUT2D eigenvalue weighted by atomic mass is 16.6. The zero-order valence-corrected chi connectivity index (χ0v) is 8.95. The lowest BCUT2D eigenvalue weighted by atomic mass is 10.4. The predicted molar refractivity (Wildman–Crippen MR) is 58.3 cm³/mol. The first-order valence-corrected chi connectivity index (χ1v) is 4.97. The lowest BCUT2D eigenvalue weighted by Gasteiger charge is -2.03. The first-order valence-electron chi connectivity index (χ1n) is 4.97. The van der Waals surface area contributed by atoms with Gasteiger partial charge in [-0.15, -0.1) is 0 Å². The molecule has 7 nitrogen and oxygen atoms in total. The van der Waals surface area contributed by atoms with Crippen molar-refractivity contribution in [3.8, 4) is 0 Å². The molecule has 16 heavy (non-hydrogen) atoms. The Balaban J connectivity index is 2.43. The number of likely N-dealkylation sites (N-methyl/N-ethyl adjacent to an activating group) is 1. The highest BCUT2D eigenvalue weighted by molar-refractivity contribution is 5.93. The minimum Gasteiger partial charge on any atom is -0.351 e. The summed E-state index contributed by atoms with van der Waals surface area (Å²) in [5.74, 6) is -0.342. The minimum atomic E-state index is -0.550. The van der Waals surface area contributed by atoms with E-state index in [1.807, 2.05) is 6.92 Å². The van der Waals surface area contributed by atoms with Crippen molar-refractivity contribution in [3.05, 3.63) is 28.1 Å². The van der Waals surface area contributed by atoms with Crippen LogP contribution in [0.5, 0.6) is 0 Å². The van der Waals surface area contributed by atoms with Gasteiger partial charge in [-0.25, -0.2) is 0 Å². The fourth-order valence-corrected chi connectivity index (χ4v) is 1.16. The van der Waals surface area contributed by atoms with Crippen molar-refractivity contribution < 1.29 is 9.72 Å². The van der Waals surface area contributed by atoms with Crippen LogP contribution < -0.4 is 10.6 Å². The van der Waals surface area contributed by atoms with E-state index in [1.165, 1.54) is 12.3 Å². The summed E-state index contributed by atoms with van der Waals surface area (Å²) in [7, 11) is 0. The number of nitrogens with one attached hydrogen (secondary N) is 3. The molecule has 0 aliphatic rings. The third-order valence-electron chi connectivity index (χ3n) is 1.96. The van der Waals surface area contributed by atoms with Crippen LogP contribution in [0.15, 0.2) is 12.3 Å². The summed E-state index contributed by atoms with van der Waals surface area (Å²) in [5.41, 5.74) is 0.0834. The van der Waals surface area contributed by atoms with Crippen LogP contribution >= 0.6 is 0 Å². The van der Waals surface area contributed by atoms with E-state index in [0.29, 0.717) is 13.1 Å². The Morgan fingerprint density at radius 1 is 1.56 bits per heavy atom. The second kappa shape index (κ2) is 5.86. The summed E-state index contributed by atoms with van der Waals surface area (Å²) < 4.78 is 0. The van der Waals surface area contributed by atoms with E-state index in [2.05, 4.69) is 15.6 Å². The molecule has 1 aromatic rings. The molecule has 3 N–H and O–H groups in total. The molecule has 88 valence electrons. The van der Waals surface area contributed by atoms with E-state index < -0.39 is 4.92 Å². The number of nitro groups is 1. The molecule has 0 spiro atoms. The Labute approximate surface area is 92.4 Å². The van der Waals surface area contributed by atoms with E-state index in [0.717, 1.165) is 6.54 Å². The number of hydrogen-bond acceptors (Lipinski definition) is 4. The maximum Gasteiger partial charge on any atom is 0.287 e. The zero-order valence-electron chi connectivity index (χ0n) is 8.95. The average Bonchev–Trinajstić information content (AvgIpc) is 2.73. The number of hydrogen-bond donors (Lipinski definition) is 3. The fourth-order valence-electron chi connectivity index (χ4n) is 1.16. The normalized spacial score (nSPS) is 10.1. The van der Waals surface area contributed by atoms with Gasteiger partial charge in [-0.05, 0) is 6.54 Å². The van der Waals surface area contributed by atoms with E-state index in [4.69, 9.17) is 0 Å². The molecule has 0 saturated heterocycles. The third-order valence-corrected chi connectivity index (χ3v) is 1.96. The standard InChI is InChI=1S/C9H14N4O3/c1-2-10-3-4-11-9(14)8-5-7(6-12-8)13(15)16/h5-6,10,12H,2-4H2,1H3,(H,11,14). The number of aromatic amines is 1. The van der Waals surface area contributed by atoms with Crippen molar-refractivity contribution in [1.82, 2.24) is 15.6 Å². The molecule has 0 aliphatic heterocycles. The van der Waals surface area contributed by atoms with Gasteiger partial charge in [0.05, 0.1) is 11.1 Å². The van der Waals surface area contributed by atoms with Crippen LogP contribution in [0.25, 0.3) is 0 Å². The molecule has 0 aromatic carbocycles. The van der Waals surface area contributed by atoms with Crippen molar-refractivity contribution in [2.75, 3.05) is 19.6 Å². The van der Waals surface area contributed by atoms with Gasteiger partial charge in [0.2, 0.25) is 0 Å². The van der Waals surface area contributed by atoms with Crippen molar-refractivity contribution in [1.29, 1.82) is 0 Å². The van der Waals surface area contributed by atoms with Crippen LogP contribution in [0.3, 0.4) is 0 Å². The van der Waals surface area contributed by atoms with Gasteiger partial charge in [0, 0.05) is 19.2 Å². The van der Waals surface area contributed by atoms with Gasteiger partial charge in [-0.3, -0.25) is 14.9 Å². The Morgan fingerprint density at radius 2 is 2.31 bits per heavy atom. The van der Waals surface area contributed by atoms with Crippen molar-refractivity contribution in [2.45, 2.75) is 6.92 Å². The summed E-state index contributed by atoms with van der Waals surface area (Å²) in [6.07, 6.45) is 1.19. The van der Waals surface area contributed by atoms with Crippen molar-refractivity contribution >= 4 is 11.6 Å². The Kier molecular flexibility index (Phi) is 4.46. The van der Waals surface area contributed by atoms with Gasteiger partial charge in [0.25, 0.3) is 11.6 Å². The van der Waals surface area contributed by atoms with Crippen LogP contribution in [-0.2, 0) is 0 Å². The summed E-state index contributed by atoms with van der Waals surface area (Å²) in [4.78, 5) is 23.8. The van der Waals surface area contributed by atoms with E-state index in [-0.39, 0.29) is 17.3 Å². The van der Waals surface area contributed by atoms with E-state index in [1.54, 1.807) is 0 Å². The fraction of sp³-hybridized carbons (Fsp3) is 0.444. The molecule has 1 amide bonds. The maximum atomic E-state index is 11.5. The molecule has 1 rings (SSSR count). The Hall–Kier alpha value is -1.89. The largest absolute Gasteiger partial charge is 0.351 e. The van der Waals surface area contributed by atoms with E-state index >= 15 is 0 Å².